The van der Waals surface area contributed by atoms with Crippen molar-refractivity contribution in [3.63, 3.8) is 0 Å². The molecule has 0 radical (unpaired) electrons. The summed E-state index contributed by atoms with van der Waals surface area (Å²) in [5.41, 5.74) is 7.68. The fourth-order valence-corrected chi connectivity index (χ4v) is 11.7. The van der Waals surface area contributed by atoms with Crippen LogP contribution in [0.1, 0.15) is 88.8 Å². The minimum atomic E-state index is -3.55. The molecule has 0 saturated heterocycles. The number of hydrogen-bond acceptors (Lipinski definition) is 3. The zero-order chi connectivity index (χ0) is 29.3. The van der Waals surface area contributed by atoms with Gasteiger partial charge in [-0.3, -0.25) is 4.57 Å². The van der Waals surface area contributed by atoms with Crippen LogP contribution >= 0.6 is 7.29 Å². The molecule has 0 heterocycles. The van der Waals surface area contributed by atoms with Gasteiger partial charge in [0.15, 0.2) is 0 Å². The molecule has 4 nitrogen and oxygen atoms in total. The van der Waals surface area contributed by atoms with E-state index in [1.165, 1.54) is 5.56 Å². The van der Waals surface area contributed by atoms with Crippen LogP contribution in [0.15, 0.2) is 24.3 Å². The molecule has 1 unspecified atom stereocenters. The SMILES string of the molecule is Cc1cc(C)c(B(C(=S=O)P(=O)(c2c(C)cc(C)cc2C)N(C(C)C)C(C)C)N(C(C)C)C(C)C)c(C)c1. The van der Waals surface area contributed by atoms with Crippen molar-refractivity contribution in [3.05, 3.63) is 57.6 Å². The van der Waals surface area contributed by atoms with E-state index in [1.54, 1.807) is 0 Å². The minimum Gasteiger partial charge on any atom is -0.329 e. The van der Waals surface area contributed by atoms with Gasteiger partial charge in [-0.15, -0.1) is 0 Å². The van der Waals surface area contributed by atoms with E-state index >= 15 is 4.57 Å². The number of nitrogens with zero attached hydrogens (tertiary/aromatic N) is 2. The maximum absolute atomic E-state index is 16.2. The van der Waals surface area contributed by atoms with Crippen molar-refractivity contribution in [2.45, 2.75) is 121 Å². The summed E-state index contributed by atoms with van der Waals surface area (Å²) < 4.78 is 32.4. The highest BCUT2D eigenvalue weighted by atomic mass is 32.1. The monoisotopic (exact) mass is 556 g/mol. The van der Waals surface area contributed by atoms with Gasteiger partial charge in [-0.1, -0.05) is 79.7 Å². The molecule has 2 aromatic carbocycles. The zero-order valence-corrected chi connectivity index (χ0v) is 28.0. The van der Waals surface area contributed by atoms with Crippen LogP contribution in [0, 0.1) is 41.5 Å². The molecule has 0 aliphatic carbocycles. The van der Waals surface area contributed by atoms with E-state index in [-0.39, 0.29) is 24.2 Å². The van der Waals surface area contributed by atoms with Gasteiger partial charge >= 0.3 is 6.85 Å². The van der Waals surface area contributed by atoms with Crippen LogP contribution in [-0.2, 0) is 15.8 Å². The minimum absolute atomic E-state index is 0.0181. The molecule has 0 aromatic heterocycles. The number of benzene rings is 2. The van der Waals surface area contributed by atoms with Crippen LogP contribution in [0.25, 0.3) is 0 Å². The first-order chi connectivity index (χ1) is 17.5. The Morgan fingerprint density at radius 3 is 1.37 bits per heavy atom. The summed E-state index contributed by atoms with van der Waals surface area (Å²) >= 11 is 0.464. The van der Waals surface area contributed by atoms with Crippen LogP contribution in [0.4, 0.5) is 0 Å². The maximum atomic E-state index is 16.2. The Bertz CT molecular complexity index is 1200. The van der Waals surface area contributed by atoms with Gasteiger partial charge < -0.3 is 4.81 Å². The molecule has 0 aliphatic heterocycles. The quantitative estimate of drug-likeness (QED) is 0.191. The van der Waals surface area contributed by atoms with E-state index in [2.05, 4.69) is 117 Å². The molecule has 0 bridgehead atoms. The highest BCUT2D eigenvalue weighted by molar-refractivity contribution is 8.04. The van der Waals surface area contributed by atoms with Gasteiger partial charge in [0.05, 0.1) is 15.8 Å². The molecule has 0 spiro atoms. The molecule has 0 amide bonds. The van der Waals surface area contributed by atoms with E-state index in [9.17, 15) is 4.21 Å². The lowest BCUT2D eigenvalue weighted by molar-refractivity contribution is 0.306. The number of aryl methyl sites for hydroxylation is 6. The second kappa shape index (κ2) is 12.8. The summed E-state index contributed by atoms with van der Waals surface area (Å²) in [7, 11) is -3.55. The van der Waals surface area contributed by atoms with Gasteiger partial charge in [-0.05, 0) is 92.4 Å². The molecule has 0 N–H and O–H groups in total. The topological polar surface area (TPSA) is 40.6 Å². The van der Waals surface area contributed by atoms with Crippen molar-refractivity contribution in [1.29, 1.82) is 0 Å². The highest BCUT2D eigenvalue weighted by Crippen LogP contribution is 2.55. The van der Waals surface area contributed by atoms with Gasteiger partial charge in [-0.2, -0.15) is 0 Å². The Morgan fingerprint density at radius 2 is 1.05 bits per heavy atom. The van der Waals surface area contributed by atoms with Crippen LogP contribution in [-0.4, -0.2) is 49.2 Å². The Morgan fingerprint density at radius 1 is 0.684 bits per heavy atom. The first-order valence-electron chi connectivity index (χ1n) is 14.0. The second-order valence-electron chi connectivity index (χ2n) is 12.2. The van der Waals surface area contributed by atoms with Crippen LogP contribution in [0.3, 0.4) is 0 Å². The van der Waals surface area contributed by atoms with Crippen molar-refractivity contribution < 1.29 is 8.77 Å². The van der Waals surface area contributed by atoms with E-state index in [1.807, 2.05) is 13.8 Å². The standard InChI is InChI=1S/C31H50BN2O2PS/c1-19(2)33(20(3)4)32(29-25(11)15-23(9)16-26(29)12)31(38-36)37(35,34(21(5)6)22(7)8)30-27(13)17-24(10)18-28(30)14/h15-22H,1-14H3. The van der Waals surface area contributed by atoms with Gasteiger partial charge in [0.25, 0.3) is 0 Å². The van der Waals surface area contributed by atoms with E-state index in [0.717, 1.165) is 38.6 Å². The van der Waals surface area contributed by atoms with Crippen molar-refractivity contribution in [3.8, 4) is 0 Å². The normalized spacial score (nSPS) is 13.8. The summed E-state index contributed by atoms with van der Waals surface area (Å²) in [4.78, 5) is 2.38. The average Bonchev–Trinajstić information content (AvgIpc) is 2.71. The molecule has 38 heavy (non-hydrogen) atoms. The summed E-state index contributed by atoms with van der Waals surface area (Å²) in [5.74, 6) is 0. The van der Waals surface area contributed by atoms with E-state index < -0.39 is 14.1 Å². The third-order valence-corrected chi connectivity index (χ3v) is 12.5. The van der Waals surface area contributed by atoms with Crippen LogP contribution in [0.5, 0.6) is 0 Å². The lowest BCUT2D eigenvalue weighted by Gasteiger charge is -2.44. The molecular formula is C31H50BN2O2PS. The fourth-order valence-electron chi connectivity index (χ4n) is 6.71. The Labute approximate surface area is 237 Å². The molecule has 2 aromatic rings. The first kappa shape index (κ1) is 32.8. The Hall–Kier alpha value is -1.46. The molecule has 0 aliphatic rings. The zero-order valence-electron chi connectivity index (χ0n) is 26.3. The summed E-state index contributed by atoms with van der Waals surface area (Å²) in [6.07, 6.45) is 0. The molecule has 0 fully saturated rings. The van der Waals surface area contributed by atoms with Crippen molar-refractivity contribution in [2.75, 3.05) is 0 Å². The predicted octanol–water partition coefficient (Wildman–Crippen LogP) is 6.46. The first-order valence-corrected chi connectivity index (χ1v) is 16.4. The number of hydrogen-bond donors (Lipinski definition) is 0. The van der Waals surface area contributed by atoms with E-state index in [4.69, 9.17) is 0 Å². The molecule has 7 heteroatoms. The lowest BCUT2D eigenvalue weighted by atomic mass is 9.52. The van der Waals surface area contributed by atoms with Crippen molar-refractivity contribution in [2.24, 2.45) is 0 Å². The van der Waals surface area contributed by atoms with Crippen LogP contribution in [0.2, 0.25) is 0 Å². The maximum Gasteiger partial charge on any atom is 0.315 e. The van der Waals surface area contributed by atoms with Gasteiger partial charge in [0, 0.05) is 17.4 Å². The van der Waals surface area contributed by atoms with Crippen molar-refractivity contribution in [1.82, 2.24) is 9.48 Å². The smallest absolute Gasteiger partial charge is 0.315 e. The third-order valence-electron chi connectivity index (χ3n) is 7.44. The van der Waals surface area contributed by atoms with Gasteiger partial charge in [0.1, 0.15) is 0 Å². The van der Waals surface area contributed by atoms with Crippen molar-refractivity contribution >= 4 is 40.7 Å². The largest absolute Gasteiger partial charge is 0.329 e. The van der Waals surface area contributed by atoms with Crippen LogP contribution < -0.4 is 10.8 Å². The second-order valence-corrected chi connectivity index (χ2v) is 15.6. The summed E-state index contributed by atoms with van der Waals surface area (Å²) in [6, 6.07) is 8.85. The molecule has 210 valence electrons. The van der Waals surface area contributed by atoms with Gasteiger partial charge in [0.2, 0.25) is 7.29 Å². The van der Waals surface area contributed by atoms with Gasteiger partial charge in [-0.25, -0.2) is 8.88 Å². The highest BCUT2D eigenvalue weighted by Gasteiger charge is 2.50. The average molecular weight is 557 g/mol. The Kier molecular flexibility index (Phi) is 11.0. The molecule has 2 rings (SSSR count). The van der Waals surface area contributed by atoms with E-state index in [0.29, 0.717) is 15.8 Å². The molecular weight excluding hydrogens is 506 g/mol. The number of rotatable bonds is 10. The Balaban J connectivity index is 3.20. The molecule has 0 saturated carbocycles. The summed E-state index contributed by atoms with van der Waals surface area (Å²) in [5, 5.41) is 0.823. The lowest BCUT2D eigenvalue weighted by Crippen LogP contribution is -2.62. The predicted molar refractivity (Wildman–Crippen MR) is 171 cm³/mol. The fraction of sp³-hybridized carbons (Fsp3) is 0.581. The third kappa shape index (κ3) is 6.30. The molecule has 1 atom stereocenters. The summed E-state index contributed by atoms with van der Waals surface area (Å²) in [6.45, 7) is 29.2.